The molecule has 0 aliphatic carbocycles. The Morgan fingerprint density at radius 1 is 0.867 bits per heavy atom. The maximum Gasteiger partial charge on any atom is 0.500 e. The zero-order valence-electron chi connectivity index (χ0n) is 10.8. The van der Waals surface area contributed by atoms with Gasteiger partial charge in [-0.3, -0.25) is 0 Å². The molecule has 0 saturated carbocycles. The minimum absolute atomic E-state index is 0.764. The largest absolute Gasteiger partial charge is 0.500 e. The van der Waals surface area contributed by atoms with Crippen molar-refractivity contribution < 1.29 is 17.7 Å². The summed E-state index contributed by atoms with van der Waals surface area (Å²) < 4.78 is 21.7. The van der Waals surface area contributed by atoms with Gasteiger partial charge in [-0.05, 0) is 26.1 Å². The lowest BCUT2D eigenvalue weighted by Gasteiger charge is -2.25. The Balaban J connectivity index is 3.82. The van der Waals surface area contributed by atoms with Gasteiger partial charge in [-0.1, -0.05) is 0 Å². The molecule has 0 bridgehead atoms. The summed E-state index contributed by atoms with van der Waals surface area (Å²) in [6, 6.07) is 0.807. The molecule has 0 radical (unpaired) electrons. The van der Waals surface area contributed by atoms with E-state index in [2.05, 4.69) is 19.6 Å². The smallest absolute Gasteiger partial charge is 0.418 e. The van der Waals surface area contributed by atoms with Crippen molar-refractivity contribution in [3.63, 3.8) is 0 Å². The highest BCUT2D eigenvalue weighted by molar-refractivity contribution is 6.69. The molecule has 4 nitrogen and oxygen atoms in total. The third-order valence-corrected chi connectivity index (χ3v) is 6.00. The monoisotopic (exact) mass is 252 g/mol. The van der Waals surface area contributed by atoms with Crippen molar-refractivity contribution in [2.75, 3.05) is 27.9 Å². The lowest BCUT2D eigenvalue weighted by Crippen LogP contribution is -2.43. The molecule has 0 amide bonds. The highest BCUT2D eigenvalue weighted by Gasteiger charge is 2.36. The third kappa shape index (κ3) is 6.44. The molecule has 0 atom stereocenters. The Labute approximate surface area is 95.4 Å². The maximum atomic E-state index is 5.75. The molecular formula is C9H24O4Si2. The molecule has 15 heavy (non-hydrogen) atoms. The average Bonchev–Trinajstić information content (AvgIpc) is 2.18. The molecule has 6 heteroatoms. The van der Waals surface area contributed by atoms with E-state index in [1.807, 2.05) is 0 Å². The lowest BCUT2D eigenvalue weighted by atomic mass is 10.5. The summed E-state index contributed by atoms with van der Waals surface area (Å²) in [5.74, 6) is 0. The van der Waals surface area contributed by atoms with Crippen molar-refractivity contribution >= 4 is 17.1 Å². The van der Waals surface area contributed by atoms with Gasteiger partial charge in [0.2, 0.25) is 0 Å². The van der Waals surface area contributed by atoms with Crippen LogP contribution in [0.4, 0.5) is 0 Å². The van der Waals surface area contributed by atoms with Gasteiger partial charge in [-0.15, -0.1) is 0 Å². The summed E-state index contributed by atoms with van der Waals surface area (Å²) in [7, 11) is 1.14. The number of rotatable bonds is 8. The molecule has 0 unspecified atom stereocenters. The molecule has 0 aliphatic rings. The molecule has 0 spiro atoms. The molecule has 0 heterocycles. The molecule has 0 rings (SSSR count). The first-order valence-corrected chi connectivity index (χ1v) is 10.5. The van der Waals surface area contributed by atoms with Crippen LogP contribution in [0.5, 0.6) is 0 Å². The van der Waals surface area contributed by atoms with Crippen LogP contribution in [0.3, 0.4) is 0 Å². The van der Waals surface area contributed by atoms with Gasteiger partial charge in [0.1, 0.15) is 0 Å². The second-order valence-electron chi connectivity index (χ2n) is 4.36. The van der Waals surface area contributed by atoms with Gasteiger partial charge < -0.3 is 17.7 Å². The minimum atomic E-state index is -2.38. The topological polar surface area (TPSA) is 36.9 Å². The first kappa shape index (κ1) is 15.3. The van der Waals surface area contributed by atoms with Gasteiger partial charge in [0.05, 0.1) is 0 Å². The Morgan fingerprint density at radius 2 is 1.33 bits per heavy atom. The SMILES string of the molecule is CO[Si](CCCO[Si](C)(C)C)(OC)OC. The van der Waals surface area contributed by atoms with E-state index in [0.29, 0.717) is 0 Å². The second-order valence-corrected chi connectivity index (χ2v) is 12.0. The molecular weight excluding hydrogens is 228 g/mol. The van der Waals surface area contributed by atoms with E-state index in [1.165, 1.54) is 0 Å². The minimum Gasteiger partial charge on any atom is -0.418 e. The Kier molecular flexibility index (Phi) is 6.89. The highest BCUT2D eigenvalue weighted by Crippen LogP contribution is 2.15. The fraction of sp³-hybridized carbons (Fsp3) is 1.00. The summed E-state index contributed by atoms with van der Waals surface area (Å²) in [5.41, 5.74) is 0. The second kappa shape index (κ2) is 6.77. The Morgan fingerprint density at radius 3 is 1.67 bits per heavy atom. The van der Waals surface area contributed by atoms with Gasteiger partial charge in [0.15, 0.2) is 8.32 Å². The molecule has 0 N–H and O–H groups in total. The van der Waals surface area contributed by atoms with Crippen molar-refractivity contribution in [3.05, 3.63) is 0 Å². The van der Waals surface area contributed by atoms with Crippen LogP contribution in [0.25, 0.3) is 0 Å². The molecule has 0 aromatic rings. The summed E-state index contributed by atoms with van der Waals surface area (Å²) >= 11 is 0. The van der Waals surface area contributed by atoms with E-state index >= 15 is 0 Å². The standard InChI is InChI=1S/C9H24O4Si2/c1-10-15(11-2,12-3)9-7-8-13-14(4,5)6/h7-9H2,1-6H3. The van der Waals surface area contributed by atoms with E-state index in [1.54, 1.807) is 21.3 Å². The Hall–Kier alpha value is 0.274. The van der Waals surface area contributed by atoms with Crippen LogP contribution >= 0.6 is 0 Å². The zero-order chi connectivity index (χ0) is 11.9. The normalized spacial score (nSPS) is 13.2. The van der Waals surface area contributed by atoms with Gasteiger partial charge in [0.25, 0.3) is 0 Å². The molecule has 0 aromatic carbocycles. The van der Waals surface area contributed by atoms with Crippen molar-refractivity contribution in [1.29, 1.82) is 0 Å². The van der Waals surface area contributed by atoms with Crippen LogP contribution < -0.4 is 0 Å². The fourth-order valence-corrected chi connectivity index (χ4v) is 3.67. The highest BCUT2D eigenvalue weighted by atomic mass is 28.4. The van der Waals surface area contributed by atoms with Gasteiger partial charge >= 0.3 is 8.80 Å². The Bertz CT molecular complexity index is 158. The summed E-state index contributed by atoms with van der Waals surface area (Å²) in [5, 5.41) is 0. The van der Waals surface area contributed by atoms with E-state index in [0.717, 1.165) is 19.1 Å². The fourth-order valence-electron chi connectivity index (χ4n) is 1.22. The zero-order valence-corrected chi connectivity index (χ0v) is 12.8. The quantitative estimate of drug-likeness (QED) is 0.490. The first-order valence-electron chi connectivity index (χ1n) is 5.18. The average molecular weight is 252 g/mol. The molecule has 0 aliphatic heterocycles. The van der Waals surface area contributed by atoms with Gasteiger partial charge in [-0.25, -0.2) is 0 Å². The van der Waals surface area contributed by atoms with Crippen molar-refractivity contribution in [3.8, 4) is 0 Å². The van der Waals surface area contributed by atoms with E-state index in [4.69, 9.17) is 17.7 Å². The lowest BCUT2D eigenvalue weighted by molar-refractivity contribution is 0.121. The van der Waals surface area contributed by atoms with E-state index < -0.39 is 17.1 Å². The number of hydrogen-bond donors (Lipinski definition) is 0. The predicted octanol–water partition coefficient (Wildman–Crippen LogP) is 2.11. The summed E-state index contributed by atoms with van der Waals surface area (Å²) in [4.78, 5) is 0. The molecule has 0 saturated heterocycles. The van der Waals surface area contributed by atoms with Crippen molar-refractivity contribution in [1.82, 2.24) is 0 Å². The molecule has 0 aromatic heterocycles. The first-order chi connectivity index (χ1) is 6.89. The van der Waals surface area contributed by atoms with Gasteiger partial charge in [-0.2, -0.15) is 0 Å². The van der Waals surface area contributed by atoms with Crippen LogP contribution in [-0.4, -0.2) is 45.1 Å². The van der Waals surface area contributed by atoms with Crippen LogP contribution in [0.15, 0.2) is 0 Å². The summed E-state index contributed by atoms with van der Waals surface area (Å²) in [6.45, 7) is 7.31. The van der Waals surface area contributed by atoms with Crippen LogP contribution in [-0.2, 0) is 17.7 Å². The van der Waals surface area contributed by atoms with Crippen LogP contribution in [0.2, 0.25) is 25.7 Å². The number of hydrogen-bond acceptors (Lipinski definition) is 4. The molecule has 92 valence electrons. The predicted molar refractivity (Wildman–Crippen MR) is 65.5 cm³/mol. The van der Waals surface area contributed by atoms with Crippen molar-refractivity contribution in [2.24, 2.45) is 0 Å². The molecule has 0 fully saturated rings. The van der Waals surface area contributed by atoms with Gasteiger partial charge in [0, 0.05) is 34.0 Å². The van der Waals surface area contributed by atoms with E-state index in [-0.39, 0.29) is 0 Å². The summed E-state index contributed by atoms with van der Waals surface area (Å²) in [6.07, 6.45) is 0.923. The third-order valence-electron chi connectivity index (χ3n) is 2.10. The maximum absolute atomic E-state index is 5.75. The van der Waals surface area contributed by atoms with E-state index in [9.17, 15) is 0 Å². The van der Waals surface area contributed by atoms with Crippen LogP contribution in [0, 0.1) is 0 Å². The van der Waals surface area contributed by atoms with Crippen molar-refractivity contribution in [2.45, 2.75) is 32.1 Å². The van der Waals surface area contributed by atoms with Crippen LogP contribution in [0.1, 0.15) is 6.42 Å².